The molecule has 94 valence electrons. The van der Waals surface area contributed by atoms with Crippen LogP contribution in [0.2, 0.25) is 0 Å². The van der Waals surface area contributed by atoms with Gasteiger partial charge in [0.05, 0.1) is 11.7 Å². The number of thiophene rings is 1. The minimum absolute atomic E-state index is 0.0934. The monoisotopic (exact) mass is 253 g/mol. The molecule has 1 aromatic rings. The van der Waals surface area contributed by atoms with Crippen molar-refractivity contribution in [2.45, 2.75) is 31.1 Å². The molecule has 0 N–H and O–H groups in total. The molecular weight excluding hydrogens is 234 g/mol. The third kappa shape index (κ3) is 2.40. The van der Waals surface area contributed by atoms with Crippen molar-refractivity contribution in [1.82, 2.24) is 4.90 Å². The predicted molar refractivity (Wildman–Crippen MR) is 68.3 cm³/mol. The molecule has 4 heteroatoms. The normalized spacial score (nSPS) is 28.2. The lowest BCUT2D eigenvalue weighted by molar-refractivity contribution is -0.195. The zero-order valence-electron chi connectivity index (χ0n) is 10.2. The Kier molecular flexibility index (Phi) is 3.21. The summed E-state index contributed by atoms with van der Waals surface area (Å²) in [5.41, 5.74) is 0.0934. The van der Waals surface area contributed by atoms with E-state index < -0.39 is 0 Å². The van der Waals surface area contributed by atoms with Crippen molar-refractivity contribution in [1.29, 1.82) is 0 Å². The maximum Gasteiger partial charge on any atom is 0.0959 e. The Labute approximate surface area is 106 Å². The summed E-state index contributed by atoms with van der Waals surface area (Å²) in [6, 6.07) is 4.32. The Morgan fingerprint density at radius 3 is 3.18 bits per heavy atom. The molecule has 0 amide bonds. The van der Waals surface area contributed by atoms with Gasteiger partial charge in [0.15, 0.2) is 0 Å². The fourth-order valence-corrected chi connectivity index (χ4v) is 3.65. The third-order valence-corrected chi connectivity index (χ3v) is 4.63. The molecule has 3 rings (SSSR count). The van der Waals surface area contributed by atoms with Gasteiger partial charge in [-0.15, -0.1) is 11.3 Å². The Hall–Kier alpha value is -0.420. The van der Waals surface area contributed by atoms with E-state index in [0.29, 0.717) is 6.10 Å². The Morgan fingerprint density at radius 1 is 1.59 bits per heavy atom. The van der Waals surface area contributed by atoms with Gasteiger partial charge in [0.1, 0.15) is 0 Å². The summed E-state index contributed by atoms with van der Waals surface area (Å²) in [5, 5.41) is 2.14. The van der Waals surface area contributed by atoms with Gasteiger partial charge in [-0.3, -0.25) is 4.90 Å². The smallest absolute Gasteiger partial charge is 0.0959 e. The molecule has 2 fully saturated rings. The Bertz CT molecular complexity index is 360. The molecule has 0 radical (unpaired) electrons. The first-order valence-corrected chi connectivity index (χ1v) is 7.09. The van der Waals surface area contributed by atoms with Gasteiger partial charge in [0.25, 0.3) is 0 Å². The zero-order valence-corrected chi connectivity index (χ0v) is 11.0. The highest BCUT2D eigenvalue weighted by Gasteiger charge is 2.47. The second-order valence-electron chi connectivity index (χ2n) is 5.11. The van der Waals surface area contributed by atoms with Crippen LogP contribution in [0.4, 0.5) is 0 Å². The highest BCUT2D eigenvalue weighted by molar-refractivity contribution is 7.09. The van der Waals surface area contributed by atoms with Crippen molar-refractivity contribution in [2.75, 3.05) is 26.8 Å². The molecule has 0 saturated carbocycles. The molecule has 3 heterocycles. The van der Waals surface area contributed by atoms with E-state index >= 15 is 0 Å². The molecule has 3 nitrogen and oxygen atoms in total. The second-order valence-corrected chi connectivity index (χ2v) is 6.14. The second kappa shape index (κ2) is 4.69. The van der Waals surface area contributed by atoms with Crippen molar-refractivity contribution in [3.8, 4) is 0 Å². The minimum Gasteiger partial charge on any atom is -0.381 e. The van der Waals surface area contributed by atoms with E-state index in [4.69, 9.17) is 9.47 Å². The molecule has 0 unspecified atom stereocenters. The van der Waals surface area contributed by atoms with Crippen molar-refractivity contribution in [3.63, 3.8) is 0 Å². The standard InChI is InChI=1S/C13H19NO2S/c1-15-11-4-5-16-13(7-11)9-14(10-13)8-12-3-2-6-17-12/h2-3,6,11H,4-5,7-10H2,1H3/t11-/m1/s1. The van der Waals surface area contributed by atoms with Crippen molar-refractivity contribution < 1.29 is 9.47 Å². The van der Waals surface area contributed by atoms with E-state index in [1.165, 1.54) is 4.88 Å². The number of methoxy groups -OCH3 is 1. The van der Waals surface area contributed by atoms with E-state index in [9.17, 15) is 0 Å². The maximum atomic E-state index is 5.96. The lowest BCUT2D eigenvalue weighted by atomic mass is 9.84. The fourth-order valence-electron chi connectivity index (χ4n) is 2.91. The summed E-state index contributed by atoms with van der Waals surface area (Å²) in [6.45, 7) is 4.04. The molecule has 17 heavy (non-hydrogen) atoms. The summed E-state index contributed by atoms with van der Waals surface area (Å²) >= 11 is 1.83. The summed E-state index contributed by atoms with van der Waals surface area (Å²) < 4.78 is 11.4. The first kappa shape index (κ1) is 11.7. The lowest BCUT2D eigenvalue weighted by Gasteiger charge is -2.53. The maximum absolute atomic E-state index is 5.96. The highest BCUT2D eigenvalue weighted by Crippen LogP contribution is 2.36. The van der Waals surface area contributed by atoms with Gasteiger partial charge in [-0.05, 0) is 17.9 Å². The van der Waals surface area contributed by atoms with E-state index in [1.54, 1.807) is 0 Å². The van der Waals surface area contributed by atoms with Crippen LogP contribution in [0.1, 0.15) is 17.7 Å². The van der Waals surface area contributed by atoms with E-state index in [0.717, 1.165) is 39.1 Å². The molecule has 2 aliphatic heterocycles. The van der Waals surface area contributed by atoms with Crippen LogP contribution in [-0.2, 0) is 16.0 Å². The molecule has 1 spiro atoms. The number of hydrogen-bond acceptors (Lipinski definition) is 4. The van der Waals surface area contributed by atoms with Crippen LogP contribution in [0.15, 0.2) is 17.5 Å². The number of likely N-dealkylation sites (tertiary alicyclic amines) is 1. The third-order valence-electron chi connectivity index (χ3n) is 3.76. The molecule has 1 atom stereocenters. The largest absolute Gasteiger partial charge is 0.381 e. The summed E-state index contributed by atoms with van der Waals surface area (Å²) in [7, 11) is 1.81. The van der Waals surface area contributed by atoms with Crippen LogP contribution in [0.25, 0.3) is 0 Å². The van der Waals surface area contributed by atoms with Crippen LogP contribution in [0, 0.1) is 0 Å². The van der Waals surface area contributed by atoms with E-state index in [1.807, 2.05) is 18.4 Å². The Balaban J connectivity index is 1.53. The number of ether oxygens (including phenoxy) is 2. The molecule has 1 aromatic heterocycles. The zero-order chi connectivity index (χ0) is 11.7. The molecule has 0 aliphatic carbocycles. The minimum atomic E-state index is 0.0934. The topological polar surface area (TPSA) is 21.7 Å². The average molecular weight is 253 g/mol. The van der Waals surface area contributed by atoms with Gasteiger partial charge in [0, 0.05) is 44.6 Å². The van der Waals surface area contributed by atoms with Crippen LogP contribution in [0.5, 0.6) is 0 Å². The van der Waals surface area contributed by atoms with Gasteiger partial charge >= 0.3 is 0 Å². The molecule has 2 aliphatic rings. The van der Waals surface area contributed by atoms with Gasteiger partial charge in [-0.25, -0.2) is 0 Å². The van der Waals surface area contributed by atoms with Gasteiger partial charge in [0.2, 0.25) is 0 Å². The van der Waals surface area contributed by atoms with Crippen LogP contribution in [-0.4, -0.2) is 43.4 Å². The summed E-state index contributed by atoms with van der Waals surface area (Å²) in [6.07, 6.45) is 2.50. The lowest BCUT2D eigenvalue weighted by Crippen LogP contribution is -2.65. The average Bonchev–Trinajstić information content (AvgIpc) is 2.80. The van der Waals surface area contributed by atoms with Crippen LogP contribution >= 0.6 is 11.3 Å². The van der Waals surface area contributed by atoms with Crippen molar-refractivity contribution in [2.24, 2.45) is 0 Å². The van der Waals surface area contributed by atoms with Gasteiger partial charge in [-0.1, -0.05) is 6.07 Å². The first-order valence-electron chi connectivity index (χ1n) is 6.21. The number of nitrogens with zero attached hydrogens (tertiary/aromatic N) is 1. The quantitative estimate of drug-likeness (QED) is 0.823. The van der Waals surface area contributed by atoms with Gasteiger partial charge in [-0.2, -0.15) is 0 Å². The number of rotatable bonds is 3. The predicted octanol–water partition coefficient (Wildman–Crippen LogP) is 2.13. The Morgan fingerprint density at radius 2 is 2.47 bits per heavy atom. The first-order chi connectivity index (χ1) is 8.30. The van der Waals surface area contributed by atoms with Crippen LogP contribution < -0.4 is 0 Å². The molecular formula is C13H19NO2S. The van der Waals surface area contributed by atoms with E-state index in [-0.39, 0.29) is 5.60 Å². The highest BCUT2D eigenvalue weighted by atomic mass is 32.1. The van der Waals surface area contributed by atoms with Gasteiger partial charge < -0.3 is 9.47 Å². The SMILES string of the molecule is CO[C@@H]1CCOC2(C1)CN(Cc1cccs1)C2. The number of hydrogen-bond donors (Lipinski definition) is 0. The van der Waals surface area contributed by atoms with Crippen molar-refractivity contribution >= 4 is 11.3 Å². The van der Waals surface area contributed by atoms with Crippen LogP contribution in [0.3, 0.4) is 0 Å². The molecule has 0 bridgehead atoms. The summed E-state index contributed by atoms with van der Waals surface area (Å²) in [4.78, 5) is 3.91. The summed E-state index contributed by atoms with van der Waals surface area (Å²) in [5.74, 6) is 0. The van der Waals surface area contributed by atoms with Crippen molar-refractivity contribution in [3.05, 3.63) is 22.4 Å². The fraction of sp³-hybridized carbons (Fsp3) is 0.692. The molecule has 0 aromatic carbocycles. The molecule has 2 saturated heterocycles. The van der Waals surface area contributed by atoms with E-state index in [2.05, 4.69) is 22.4 Å².